The summed E-state index contributed by atoms with van der Waals surface area (Å²) in [7, 11) is -4.78. The van der Waals surface area contributed by atoms with Crippen molar-refractivity contribution in [2.24, 2.45) is 0 Å². The molecular formula is C40H59ClN5O9P. The van der Waals surface area contributed by atoms with Crippen LogP contribution in [-0.4, -0.2) is 79.5 Å². The van der Waals surface area contributed by atoms with Crippen molar-refractivity contribution in [3.05, 3.63) is 58.5 Å². The SMILES string of the molecule is CCCCCCCCCCCCCCCCCCOC[C@H](COP(=O)(O)OC1[C@H]2O[C@@H](c3ccc4c(N)ncnn34)[C@H](O)[C@@]12O)OCc1cc(Cl)cc(C#N)c1. The Morgan fingerprint density at radius 1 is 1.00 bits per heavy atom. The van der Waals surface area contributed by atoms with E-state index in [9.17, 15) is 24.9 Å². The highest BCUT2D eigenvalue weighted by Crippen LogP contribution is 2.61. The summed E-state index contributed by atoms with van der Waals surface area (Å²) >= 11 is 6.17. The van der Waals surface area contributed by atoms with Gasteiger partial charge in [-0.05, 0) is 42.3 Å². The van der Waals surface area contributed by atoms with Crippen molar-refractivity contribution in [2.75, 3.05) is 25.6 Å². The van der Waals surface area contributed by atoms with Crippen LogP contribution in [0.1, 0.15) is 133 Å². The van der Waals surface area contributed by atoms with Crippen LogP contribution >= 0.6 is 19.4 Å². The number of hydrogen-bond donors (Lipinski definition) is 4. The monoisotopic (exact) mass is 819 g/mol. The molecule has 0 bridgehead atoms. The number of phosphoric ester groups is 1. The number of nitriles is 1. The third-order valence-electron chi connectivity index (χ3n) is 10.6. The van der Waals surface area contributed by atoms with E-state index in [1.54, 1.807) is 30.3 Å². The molecule has 1 saturated heterocycles. The van der Waals surface area contributed by atoms with E-state index in [0.717, 1.165) is 19.3 Å². The summed E-state index contributed by atoms with van der Waals surface area (Å²) in [6.07, 6.45) is 16.0. The summed E-state index contributed by atoms with van der Waals surface area (Å²) in [5, 5.41) is 36.1. The molecule has 5 rings (SSSR count). The van der Waals surface area contributed by atoms with Crippen molar-refractivity contribution in [1.29, 1.82) is 5.26 Å². The zero-order valence-electron chi connectivity index (χ0n) is 32.5. The maximum absolute atomic E-state index is 13.1. The van der Waals surface area contributed by atoms with Gasteiger partial charge < -0.3 is 35.1 Å². The Morgan fingerprint density at radius 2 is 1.64 bits per heavy atom. The molecule has 2 aliphatic rings. The summed E-state index contributed by atoms with van der Waals surface area (Å²) in [6.45, 7) is 2.48. The van der Waals surface area contributed by atoms with Crippen LogP contribution in [0.4, 0.5) is 5.82 Å². The lowest BCUT2D eigenvalue weighted by molar-refractivity contribution is -0.0745. The van der Waals surface area contributed by atoms with Crippen LogP contribution in [0.2, 0.25) is 5.02 Å². The first kappa shape index (κ1) is 44.4. The van der Waals surface area contributed by atoms with Crippen LogP contribution < -0.4 is 5.73 Å². The highest BCUT2D eigenvalue weighted by atomic mass is 35.5. The molecule has 16 heteroatoms. The number of nitrogens with zero attached hydrogens (tertiary/aromatic N) is 4. The van der Waals surface area contributed by atoms with Crippen molar-refractivity contribution in [2.45, 2.75) is 152 Å². The molecule has 1 saturated carbocycles. The molecule has 56 heavy (non-hydrogen) atoms. The number of unbranched alkanes of at least 4 members (excludes halogenated alkanes) is 15. The summed E-state index contributed by atoms with van der Waals surface area (Å²) in [4.78, 5) is 14.6. The first-order valence-corrected chi connectivity index (χ1v) is 22.1. The molecular weight excluding hydrogens is 761 g/mol. The smallest absolute Gasteiger partial charge is 0.387 e. The van der Waals surface area contributed by atoms with E-state index in [1.165, 1.54) is 94.3 Å². The summed E-state index contributed by atoms with van der Waals surface area (Å²) in [6, 6.07) is 10.2. The minimum Gasteiger partial charge on any atom is -0.387 e. The molecule has 1 aliphatic heterocycles. The van der Waals surface area contributed by atoms with Gasteiger partial charge in [-0.2, -0.15) is 10.4 Å². The third-order valence-corrected chi connectivity index (χ3v) is 11.8. The molecule has 2 unspecified atom stereocenters. The first-order chi connectivity index (χ1) is 27.1. The molecule has 310 valence electrons. The van der Waals surface area contributed by atoms with Gasteiger partial charge in [-0.1, -0.05) is 115 Å². The van der Waals surface area contributed by atoms with E-state index < -0.39 is 43.9 Å². The van der Waals surface area contributed by atoms with Gasteiger partial charge in [0.15, 0.2) is 11.4 Å². The molecule has 0 amide bonds. The third kappa shape index (κ3) is 12.4. The van der Waals surface area contributed by atoms with Crippen LogP contribution in [0, 0.1) is 11.3 Å². The molecule has 2 fully saturated rings. The maximum atomic E-state index is 13.1. The van der Waals surface area contributed by atoms with E-state index in [0.29, 0.717) is 34.0 Å². The summed E-state index contributed by atoms with van der Waals surface area (Å²) < 4.78 is 43.0. The number of hydrogen-bond acceptors (Lipinski definition) is 12. The van der Waals surface area contributed by atoms with Gasteiger partial charge in [-0.25, -0.2) is 14.1 Å². The van der Waals surface area contributed by atoms with Crippen molar-refractivity contribution in [1.82, 2.24) is 14.6 Å². The Labute approximate surface area is 335 Å². The van der Waals surface area contributed by atoms with Gasteiger partial charge in [0.25, 0.3) is 0 Å². The number of nitrogens with two attached hydrogens (primary N) is 1. The zero-order chi connectivity index (χ0) is 40.0. The molecule has 2 aromatic heterocycles. The Hall–Kier alpha value is -2.67. The second kappa shape index (κ2) is 21.9. The van der Waals surface area contributed by atoms with Crippen LogP contribution in [0.3, 0.4) is 0 Å². The molecule has 1 aliphatic carbocycles. The number of aromatic nitrogens is 3. The van der Waals surface area contributed by atoms with Crippen LogP contribution in [-0.2, 0) is 34.4 Å². The quantitative estimate of drug-likeness (QED) is 0.0409. The van der Waals surface area contributed by atoms with Crippen LogP contribution in [0.25, 0.3) is 5.52 Å². The molecule has 3 heterocycles. The molecule has 14 nitrogen and oxygen atoms in total. The van der Waals surface area contributed by atoms with Crippen molar-refractivity contribution < 1.29 is 42.9 Å². The summed E-state index contributed by atoms with van der Waals surface area (Å²) in [5.41, 5.74) is 5.89. The number of aliphatic hydroxyl groups excluding tert-OH is 1. The minimum absolute atomic E-state index is 0.0408. The molecule has 5 N–H and O–H groups in total. The van der Waals surface area contributed by atoms with Crippen molar-refractivity contribution in [3.63, 3.8) is 0 Å². The van der Waals surface area contributed by atoms with Gasteiger partial charge in [0.05, 0.1) is 37.1 Å². The number of halogens is 1. The maximum Gasteiger partial charge on any atom is 0.472 e. The lowest BCUT2D eigenvalue weighted by Crippen LogP contribution is -2.35. The Bertz CT molecular complexity index is 1760. The van der Waals surface area contributed by atoms with Gasteiger partial charge in [0.2, 0.25) is 0 Å². The molecule has 1 aromatic carbocycles. The number of nitrogen functional groups attached to an aromatic ring is 1. The van der Waals surface area contributed by atoms with Gasteiger partial charge in [-0.3, -0.25) is 9.05 Å². The van der Waals surface area contributed by atoms with Crippen molar-refractivity contribution in [3.8, 4) is 6.07 Å². The number of ether oxygens (including phenoxy) is 3. The standard InChI is InChI=1S/C40H59ClN5O9P/c1-2-3-4-5-6-7-8-9-10-11-12-13-14-15-16-17-20-51-26-32(52-25-30-21-29(24-42)22-31(41)23-30)27-53-56(49,50)55-38-37-40(38,48)36(47)35(54-37)33-18-19-34-39(43)44-28-45-46(33)34/h18-19,21-23,28,32,35-38,47-48H,2-17,20,25-27H2,1H3,(H,49,50)(H2,43,44,45)/t32-,35+,36+,37-,38?,40+/m1/s1. The lowest BCUT2D eigenvalue weighted by Gasteiger charge is -2.24. The van der Waals surface area contributed by atoms with Crippen molar-refractivity contribution >= 4 is 30.8 Å². The predicted molar refractivity (Wildman–Crippen MR) is 212 cm³/mol. The Kier molecular flexibility index (Phi) is 17.4. The fourth-order valence-electron chi connectivity index (χ4n) is 7.36. The second-order valence-electron chi connectivity index (χ2n) is 15.1. The number of phosphoric acid groups is 1. The van der Waals surface area contributed by atoms with Gasteiger partial charge in [-0.15, -0.1) is 0 Å². The van der Waals surface area contributed by atoms with Gasteiger partial charge >= 0.3 is 7.82 Å². The number of rotatable bonds is 28. The highest BCUT2D eigenvalue weighted by molar-refractivity contribution is 7.47. The molecule has 0 radical (unpaired) electrons. The fraction of sp³-hybridized carbons (Fsp3) is 0.675. The van der Waals surface area contributed by atoms with E-state index in [1.807, 2.05) is 0 Å². The minimum atomic E-state index is -4.78. The molecule has 0 spiro atoms. The predicted octanol–water partition coefficient (Wildman–Crippen LogP) is 7.75. The van der Waals surface area contributed by atoms with E-state index in [-0.39, 0.29) is 25.6 Å². The lowest BCUT2D eigenvalue weighted by atomic mass is 10.0. The highest BCUT2D eigenvalue weighted by Gasteiger charge is 2.79. The van der Waals surface area contributed by atoms with E-state index in [4.69, 9.17) is 40.6 Å². The summed E-state index contributed by atoms with van der Waals surface area (Å²) in [5.74, 6) is 0.231. The van der Waals surface area contributed by atoms with E-state index >= 15 is 0 Å². The number of benzene rings is 1. The van der Waals surface area contributed by atoms with Crippen LogP contribution in [0.15, 0.2) is 36.7 Å². The zero-order valence-corrected chi connectivity index (χ0v) is 34.1. The fourth-order valence-corrected chi connectivity index (χ4v) is 8.60. The largest absolute Gasteiger partial charge is 0.472 e. The number of fused-ring (bicyclic) bond motifs is 2. The van der Waals surface area contributed by atoms with Crippen LogP contribution in [0.5, 0.6) is 0 Å². The van der Waals surface area contributed by atoms with Gasteiger partial charge in [0, 0.05) is 11.6 Å². The second-order valence-corrected chi connectivity index (χ2v) is 16.9. The normalized spacial score (nSPS) is 23.2. The first-order valence-electron chi connectivity index (χ1n) is 20.3. The average Bonchev–Trinajstić information content (AvgIpc) is 3.41. The number of anilines is 1. The average molecular weight is 820 g/mol. The molecule has 3 aromatic rings. The van der Waals surface area contributed by atoms with E-state index in [2.05, 4.69) is 23.1 Å². The topological polar surface area (TPSA) is 204 Å². The Morgan fingerprint density at radius 3 is 2.25 bits per heavy atom. The van der Waals surface area contributed by atoms with Gasteiger partial charge in [0.1, 0.15) is 42.4 Å². The molecule has 7 atom stereocenters. The number of aliphatic hydroxyl groups is 2. The Balaban J connectivity index is 1.01.